The highest BCUT2D eigenvalue weighted by molar-refractivity contribution is 5.95. The maximum absolute atomic E-state index is 8.53. The predicted octanol–water partition coefficient (Wildman–Crippen LogP) is 0.532. The molecule has 1 rings (SSSR count). The van der Waals surface area contributed by atoms with Gasteiger partial charge in [-0.15, -0.1) is 0 Å². The van der Waals surface area contributed by atoms with E-state index in [0.717, 1.165) is 0 Å². The number of rotatable bonds is 4. The first-order valence-corrected chi connectivity index (χ1v) is 4.69. The number of oxime groups is 1. The molecule has 1 heterocycles. The van der Waals surface area contributed by atoms with Crippen molar-refractivity contribution in [1.82, 2.24) is 9.97 Å². The fourth-order valence-corrected chi connectivity index (χ4v) is 1.04. The van der Waals surface area contributed by atoms with Crippen LogP contribution in [0.1, 0.15) is 25.4 Å². The summed E-state index contributed by atoms with van der Waals surface area (Å²) in [6.07, 6.45) is 0.659. The number of amidine groups is 1. The Kier molecular flexibility index (Phi) is 3.84. The highest BCUT2D eigenvalue weighted by atomic mass is 16.5. The molecule has 0 unspecified atom stereocenters. The van der Waals surface area contributed by atoms with E-state index in [4.69, 9.17) is 15.7 Å². The fourth-order valence-electron chi connectivity index (χ4n) is 1.04. The second-order valence-corrected chi connectivity index (χ2v) is 2.78. The van der Waals surface area contributed by atoms with Crippen LogP contribution in [-0.4, -0.2) is 27.6 Å². The summed E-state index contributed by atoms with van der Waals surface area (Å²) in [6.45, 7) is 4.29. The molecule has 0 spiro atoms. The molecule has 0 radical (unpaired) electrons. The van der Waals surface area contributed by atoms with Crippen molar-refractivity contribution in [3.63, 3.8) is 0 Å². The molecule has 1 aromatic rings. The third-order valence-electron chi connectivity index (χ3n) is 1.73. The molecule has 0 atom stereocenters. The molecule has 0 saturated heterocycles. The minimum atomic E-state index is -0.0481. The molecule has 0 saturated carbocycles. The third kappa shape index (κ3) is 2.80. The third-order valence-corrected chi connectivity index (χ3v) is 1.73. The summed E-state index contributed by atoms with van der Waals surface area (Å²) in [5, 5.41) is 11.4. The normalized spacial score (nSPS) is 11.5. The van der Waals surface area contributed by atoms with Gasteiger partial charge in [-0.05, 0) is 6.92 Å². The van der Waals surface area contributed by atoms with E-state index in [1.54, 1.807) is 0 Å². The first kappa shape index (κ1) is 11.2. The average molecular weight is 210 g/mol. The van der Waals surface area contributed by atoms with Crippen LogP contribution >= 0.6 is 0 Å². The van der Waals surface area contributed by atoms with Crippen LogP contribution in [0.15, 0.2) is 11.2 Å². The Balaban J connectivity index is 3.11. The second kappa shape index (κ2) is 5.14. The van der Waals surface area contributed by atoms with Crippen molar-refractivity contribution in [2.45, 2.75) is 20.3 Å². The second-order valence-electron chi connectivity index (χ2n) is 2.78. The Hall–Kier alpha value is -1.85. The number of nitrogens with two attached hydrogens (primary N) is 1. The molecule has 0 aliphatic heterocycles. The van der Waals surface area contributed by atoms with Crippen LogP contribution in [-0.2, 0) is 6.42 Å². The Morgan fingerprint density at radius 2 is 2.27 bits per heavy atom. The Morgan fingerprint density at radius 1 is 1.53 bits per heavy atom. The van der Waals surface area contributed by atoms with E-state index in [1.807, 2.05) is 13.8 Å². The van der Waals surface area contributed by atoms with Crippen molar-refractivity contribution in [3.8, 4) is 5.88 Å². The van der Waals surface area contributed by atoms with Crippen molar-refractivity contribution in [1.29, 1.82) is 0 Å². The van der Waals surface area contributed by atoms with Crippen molar-refractivity contribution in [2.24, 2.45) is 10.9 Å². The molecule has 0 aliphatic carbocycles. The molecule has 0 aromatic carbocycles. The molecule has 1 aromatic heterocycles. The zero-order valence-corrected chi connectivity index (χ0v) is 8.77. The SMILES string of the molecule is CCOc1cc(/C(N)=N\O)nc(CC)n1. The summed E-state index contributed by atoms with van der Waals surface area (Å²) in [5.74, 6) is 0.988. The molecular formula is C9H14N4O2. The first-order chi connectivity index (χ1) is 7.21. The fraction of sp³-hybridized carbons (Fsp3) is 0.444. The Morgan fingerprint density at radius 3 is 2.80 bits per heavy atom. The molecule has 82 valence electrons. The van der Waals surface area contributed by atoms with Crippen molar-refractivity contribution < 1.29 is 9.94 Å². The number of aryl methyl sites for hydroxylation is 1. The van der Waals surface area contributed by atoms with Crippen LogP contribution in [0.4, 0.5) is 0 Å². The highest BCUT2D eigenvalue weighted by Crippen LogP contribution is 2.09. The van der Waals surface area contributed by atoms with E-state index < -0.39 is 0 Å². The van der Waals surface area contributed by atoms with Gasteiger partial charge in [-0.3, -0.25) is 0 Å². The highest BCUT2D eigenvalue weighted by Gasteiger charge is 2.07. The van der Waals surface area contributed by atoms with Gasteiger partial charge in [0.15, 0.2) is 5.84 Å². The van der Waals surface area contributed by atoms with Crippen LogP contribution in [0.5, 0.6) is 5.88 Å². The first-order valence-electron chi connectivity index (χ1n) is 4.69. The maximum atomic E-state index is 8.53. The summed E-state index contributed by atoms with van der Waals surface area (Å²) in [7, 11) is 0. The quantitative estimate of drug-likeness (QED) is 0.327. The summed E-state index contributed by atoms with van der Waals surface area (Å²) in [6, 6.07) is 1.54. The zero-order chi connectivity index (χ0) is 11.3. The van der Waals surface area contributed by atoms with Gasteiger partial charge in [0.05, 0.1) is 6.61 Å². The van der Waals surface area contributed by atoms with Crippen molar-refractivity contribution in [3.05, 3.63) is 17.6 Å². The van der Waals surface area contributed by atoms with E-state index in [9.17, 15) is 0 Å². The number of ether oxygens (including phenoxy) is 1. The lowest BCUT2D eigenvalue weighted by molar-refractivity contribution is 0.317. The molecule has 0 aliphatic rings. The standard InChI is InChI=1S/C9H14N4O2/c1-3-7-11-6(9(10)13-14)5-8(12-7)15-4-2/h5,14H,3-4H2,1-2H3,(H2,10,13). The number of aromatic nitrogens is 2. The van der Waals surface area contributed by atoms with Gasteiger partial charge in [0.1, 0.15) is 11.5 Å². The zero-order valence-electron chi connectivity index (χ0n) is 8.77. The van der Waals surface area contributed by atoms with Gasteiger partial charge >= 0.3 is 0 Å². The van der Waals surface area contributed by atoms with E-state index in [0.29, 0.717) is 30.4 Å². The van der Waals surface area contributed by atoms with Gasteiger partial charge in [-0.2, -0.15) is 4.98 Å². The van der Waals surface area contributed by atoms with Gasteiger partial charge in [0, 0.05) is 12.5 Å². The van der Waals surface area contributed by atoms with Gasteiger partial charge < -0.3 is 15.7 Å². The molecule has 0 fully saturated rings. The average Bonchev–Trinajstić information content (AvgIpc) is 2.28. The van der Waals surface area contributed by atoms with E-state index >= 15 is 0 Å². The molecule has 6 heteroatoms. The minimum absolute atomic E-state index is 0.0481. The summed E-state index contributed by atoms with van der Waals surface area (Å²) in [4.78, 5) is 8.23. The van der Waals surface area contributed by atoms with Crippen LogP contribution in [0.3, 0.4) is 0 Å². The van der Waals surface area contributed by atoms with Gasteiger partial charge in [-0.25, -0.2) is 4.98 Å². The topological polar surface area (TPSA) is 93.6 Å². The number of hydrogen-bond donors (Lipinski definition) is 2. The van der Waals surface area contributed by atoms with Crippen LogP contribution in [0.2, 0.25) is 0 Å². The molecule has 0 amide bonds. The van der Waals surface area contributed by atoms with E-state index in [2.05, 4.69) is 15.1 Å². The lowest BCUT2D eigenvalue weighted by Gasteiger charge is -2.06. The van der Waals surface area contributed by atoms with Gasteiger partial charge in [-0.1, -0.05) is 12.1 Å². The Bertz CT molecular complexity index is 365. The molecule has 0 bridgehead atoms. The summed E-state index contributed by atoms with van der Waals surface area (Å²) in [5.41, 5.74) is 5.81. The number of nitrogens with zero attached hydrogens (tertiary/aromatic N) is 3. The van der Waals surface area contributed by atoms with Gasteiger partial charge in [0.2, 0.25) is 5.88 Å². The molecule has 15 heavy (non-hydrogen) atoms. The Labute approximate surface area is 87.8 Å². The van der Waals surface area contributed by atoms with Crippen molar-refractivity contribution >= 4 is 5.84 Å². The van der Waals surface area contributed by atoms with Gasteiger partial charge in [0.25, 0.3) is 0 Å². The lowest BCUT2D eigenvalue weighted by Crippen LogP contribution is -2.17. The summed E-state index contributed by atoms with van der Waals surface area (Å²) >= 11 is 0. The number of hydrogen-bond acceptors (Lipinski definition) is 5. The van der Waals surface area contributed by atoms with Crippen LogP contribution < -0.4 is 10.5 Å². The van der Waals surface area contributed by atoms with E-state index in [1.165, 1.54) is 6.07 Å². The maximum Gasteiger partial charge on any atom is 0.217 e. The van der Waals surface area contributed by atoms with E-state index in [-0.39, 0.29) is 5.84 Å². The van der Waals surface area contributed by atoms with Crippen LogP contribution in [0.25, 0.3) is 0 Å². The monoisotopic (exact) mass is 210 g/mol. The largest absolute Gasteiger partial charge is 0.478 e. The smallest absolute Gasteiger partial charge is 0.217 e. The summed E-state index contributed by atoms with van der Waals surface area (Å²) < 4.78 is 5.24. The molecular weight excluding hydrogens is 196 g/mol. The predicted molar refractivity (Wildman–Crippen MR) is 55.1 cm³/mol. The van der Waals surface area contributed by atoms with Crippen molar-refractivity contribution in [2.75, 3.05) is 6.61 Å². The molecule has 3 N–H and O–H groups in total. The van der Waals surface area contributed by atoms with Crippen LogP contribution in [0, 0.1) is 0 Å². The minimum Gasteiger partial charge on any atom is -0.478 e. The lowest BCUT2D eigenvalue weighted by atomic mass is 10.3. The molecule has 6 nitrogen and oxygen atoms in total.